The number of nitrogens with one attached hydrogen (secondary N) is 1. The topological polar surface area (TPSA) is 74.9 Å². The van der Waals surface area contributed by atoms with Crippen molar-refractivity contribution in [2.45, 2.75) is 25.4 Å². The fourth-order valence-electron chi connectivity index (χ4n) is 1.61. The number of imidazole rings is 1. The summed E-state index contributed by atoms with van der Waals surface area (Å²) in [6, 6.07) is 7.90. The summed E-state index contributed by atoms with van der Waals surface area (Å²) in [4.78, 5) is 7.67. The fraction of sp³-hybridized carbons (Fsp3) is 0.417. The van der Waals surface area contributed by atoms with Gasteiger partial charge in [0.25, 0.3) is 0 Å². The minimum absolute atomic E-state index is 0.271. The molecule has 0 aliphatic heterocycles. The molecule has 1 unspecified atom stereocenters. The van der Waals surface area contributed by atoms with Gasteiger partial charge in [0.15, 0.2) is 0 Å². The second kappa shape index (κ2) is 4.23. The van der Waals surface area contributed by atoms with E-state index < -0.39 is 5.60 Å². The largest absolute Gasteiger partial charge is 0.389 e. The highest BCUT2D eigenvalue weighted by atomic mass is 16.3. The van der Waals surface area contributed by atoms with E-state index in [1.54, 1.807) is 6.92 Å². The number of aromatic nitrogens is 2. The number of hydrogen-bond acceptors (Lipinski definition) is 3. The molecule has 2 aromatic rings. The summed E-state index contributed by atoms with van der Waals surface area (Å²) in [5, 5.41) is 9.79. The van der Waals surface area contributed by atoms with Crippen LogP contribution in [0, 0.1) is 0 Å². The summed E-state index contributed by atoms with van der Waals surface area (Å²) < 4.78 is 0. The molecule has 4 heteroatoms. The molecular formula is C12H17N3O. The van der Waals surface area contributed by atoms with E-state index >= 15 is 0 Å². The highest BCUT2D eigenvalue weighted by molar-refractivity contribution is 5.74. The second-order valence-electron chi connectivity index (χ2n) is 4.40. The van der Waals surface area contributed by atoms with Gasteiger partial charge >= 0.3 is 0 Å². The molecule has 1 aromatic carbocycles. The molecule has 0 aliphatic rings. The summed E-state index contributed by atoms with van der Waals surface area (Å²) in [6.07, 6.45) is 1.32. The first-order valence-electron chi connectivity index (χ1n) is 5.47. The van der Waals surface area contributed by atoms with Crippen molar-refractivity contribution in [2.24, 2.45) is 5.73 Å². The molecule has 86 valence electrons. The Bertz CT molecular complexity index is 443. The molecule has 1 aromatic heterocycles. The zero-order chi connectivity index (χ0) is 11.6. The third-order valence-corrected chi connectivity index (χ3v) is 2.78. The van der Waals surface area contributed by atoms with Crippen LogP contribution in [0.2, 0.25) is 0 Å². The molecule has 4 N–H and O–H groups in total. The predicted octanol–water partition coefficient (Wildman–Crippen LogP) is 1.21. The van der Waals surface area contributed by atoms with E-state index in [0.29, 0.717) is 12.8 Å². The van der Waals surface area contributed by atoms with E-state index in [4.69, 9.17) is 5.73 Å². The number of fused-ring (bicyclic) bond motifs is 1. The number of hydrogen-bond donors (Lipinski definition) is 3. The van der Waals surface area contributed by atoms with Crippen LogP contribution in [0.15, 0.2) is 24.3 Å². The summed E-state index contributed by atoms with van der Waals surface area (Å²) in [7, 11) is 0. The van der Waals surface area contributed by atoms with Crippen molar-refractivity contribution >= 4 is 11.0 Å². The molecule has 2 rings (SSSR count). The van der Waals surface area contributed by atoms with Gasteiger partial charge in [0, 0.05) is 13.0 Å². The standard InChI is InChI=1S/C12H17N3O/c1-12(16,8-13)7-6-11-14-9-4-2-3-5-10(9)15-11/h2-5,16H,6-8,13H2,1H3,(H,14,15). The summed E-state index contributed by atoms with van der Waals surface area (Å²) in [5.41, 5.74) is 6.65. The maximum atomic E-state index is 9.79. The molecule has 0 fully saturated rings. The lowest BCUT2D eigenvalue weighted by Crippen LogP contribution is -2.34. The van der Waals surface area contributed by atoms with E-state index in [1.165, 1.54) is 0 Å². The SMILES string of the molecule is CC(O)(CN)CCc1nc2ccccc2[nH]1. The number of benzene rings is 1. The van der Waals surface area contributed by atoms with E-state index in [9.17, 15) is 5.11 Å². The number of nitrogens with zero attached hydrogens (tertiary/aromatic N) is 1. The van der Waals surface area contributed by atoms with Crippen LogP contribution in [-0.4, -0.2) is 27.2 Å². The van der Waals surface area contributed by atoms with Crippen LogP contribution < -0.4 is 5.73 Å². The molecule has 0 spiro atoms. The molecule has 1 heterocycles. The van der Waals surface area contributed by atoms with Crippen molar-refractivity contribution < 1.29 is 5.11 Å². The van der Waals surface area contributed by atoms with E-state index in [2.05, 4.69) is 9.97 Å². The van der Waals surface area contributed by atoms with Crippen LogP contribution in [0.25, 0.3) is 11.0 Å². The number of para-hydroxylation sites is 2. The Morgan fingerprint density at radius 1 is 1.44 bits per heavy atom. The molecule has 0 saturated heterocycles. The van der Waals surface area contributed by atoms with Gasteiger partial charge in [-0.2, -0.15) is 0 Å². The highest BCUT2D eigenvalue weighted by Crippen LogP contribution is 2.14. The molecule has 0 saturated carbocycles. The lowest BCUT2D eigenvalue weighted by Gasteiger charge is -2.19. The normalized spacial score (nSPS) is 15.2. The van der Waals surface area contributed by atoms with Crippen molar-refractivity contribution in [3.8, 4) is 0 Å². The van der Waals surface area contributed by atoms with E-state index in [-0.39, 0.29) is 6.54 Å². The first kappa shape index (κ1) is 11.1. The molecule has 0 bridgehead atoms. The number of nitrogens with two attached hydrogens (primary N) is 1. The van der Waals surface area contributed by atoms with Gasteiger partial charge in [-0.05, 0) is 25.5 Å². The average Bonchev–Trinajstić information content (AvgIpc) is 2.69. The number of aryl methyl sites for hydroxylation is 1. The number of rotatable bonds is 4. The minimum Gasteiger partial charge on any atom is -0.389 e. The number of aliphatic hydroxyl groups is 1. The lowest BCUT2D eigenvalue weighted by atomic mass is 10.0. The Labute approximate surface area is 94.5 Å². The molecule has 0 radical (unpaired) electrons. The Balaban J connectivity index is 2.10. The highest BCUT2D eigenvalue weighted by Gasteiger charge is 2.18. The zero-order valence-electron chi connectivity index (χ0n) is 9.40. The third-order valence-electron chi connectivity index (χ3n) is 2.78. The van der Waals surface area contributed by atoms with Crippen LogP contribution in [0.5, 0.6) is 0 Å². The van der Waals surface area contributed by atoms with Crippen LogP contribution in [0.3, 0.4) is 0 Å². The van der Waals surface area contributed by atoms with Gasteiger partial charge in [0.2, 0.25) is 0 Å². The summed E-state index contributed by atoms with van der Waals surface area (Å²) in [6.45, 7) is 2.02. The van der Waals surface area contributed by atoms with Gasteiger partial charge in [-0.15, -0.1) is 0 Å². The summed E-state index contributed by atoms with van der Waals surface area (Å²) >= 11 is 0. The fourth-order valence-corrected chi connectivity index (χ4v) is 1.61. The third kappa shape index (κ3) is 2.40. The van der Waals surface area contributed by atoms with Crippen molar-refractivity contribution in [3.63, 3.8) is 0 Å². The Morgan fingerprint density at radius 2 is 2.19 bits per heavy atom. The van der Waals surface area contributed by atoms with Gasteiger partial charge in [-0.1, -0.05) is 12.1 Å². The Morgan fingerprint density at radius 3 is 2.88 bits per heavy atom. The Hall–Kier alpha value is -1.39. The minimum atomic E-state index is -0.807. The van der Waals surface area contributed by atoms with Crippen molar-refractivity contribution in [3.05, 3.63) is 30.1 Å². The predicted molar refractivity (Wildman–Crippen MR) is 64.1 cm³/mol. The quantitative estimate of drug-likeness (QED) is 0.723. The van der Waals surface area contributed by atoms with Gasteiger partial charge in [-0.3, -0.25) is 0 Å². The van der Waals surface area contributed by atoms with Gasteiger partial charge < -0.3 is 15.8 Å². The smallest absolute Gasteiger partial charge is 0.107 e. The maximum Gasteiger partial charge on any atom is 0.107 e. The molecule has 16 heavy (non-hydrogen) atoms. The molecule has 4 nitrogen and oxygen atoms in total. The molecule has 1 atom stereocenters. The monoisotopic (exact) mass is 219 g/mol. The lowest BCUT2D eigenvalue weighted by molar-refractivity contribution is 0.0598. The first-order valence-corrected chi connectivity index (χ1v) is 5.47. The van der Waals surface area contributed by atoms with Crippen LogP contribution in [-0.2, 0) is 6.42 Å². The average molecular weight is 219 g/mol. The van der Waals surface area contributed by atoms with Crippen LogP contribution in [0.4, 0.5) is 0 Å². The Kier molecular flexibility index (Phi) is 2.94. The molecule has 0 aliphatic carbocycles. The van der Waals surface area contributed by atoms with Gasteiger partial charge in [0.1, 0.15) is 5.82 Å². The van der Waals surface area contributed by atoms with Crippen molar-refractivity contribution in [1.82, 2.24) is 9.97 Å². The number of aromatic amines is 1. The van der Waals surface area contributed by atoms with E-state index in [1.807, 2.05) is 24.3 Å². The maximum absolute atomic E-state index is 9.79. The van der Waals surface area contributed by atoms with E-state index in [0.717, 1.165) is 16.9 Å². The van der Waals surface area contributed by atoms with Crippen LogP contribution >= 0.6 is 0 Å². The number of H-pyrrole nitrogens is 1. The van der Waals surface area contributed by atoms with Crippen molar-refractivity contribution in [2.75, 3.05) is 6.54 Å². The molecular weight excluding hydrogens is 202 g/mol. The van der Waals surface area contributed by atoms with Crippen LogP contribution in [0.1, 0.15) is 19.2 Å². The molecule has 0 amide bonds. The van der Waals surface area contributed by atoms with Crippen molar-refractivity contribution in [1.29, 1.82) is 0 Å². The van der Waals surface area contributed by atoms with Gasteiger partial charge in [0.05, 0.1) is 16.6 Å². The first-order chi connectivity index (χ1) is 7.61. The van der Waals surface area contributed by atoms with Gasteiger partial charge in [-0.25, -0.2) is 4.98 Å². The second-order valence-corrected chi connectivity index (χ2v) is 4.40. The summed E-state index contributed by atoms with van der Waals surface area (Å²) in [5.74, 6) is 0.898. The zero-order valence-corrected chi connectivity index (χ0v) is 9.40.